The third kappa shape index (κ3) is 4.26. The lowest BCUT2D eigenvalue weighted by molar-refractivity contribution is -0.124. The van der Waals surface area contributed by atoms with E-state index in [-0.39, 0.29) is 19.1 Å². The molecule has 0 aromatic carbocycles. The Bertz CT molecular complexity index is 163. The fraction of sp³-hybridized carbons (Fsp3) is 0.889. The van der Waals surface area contributed by atoms with Gasteiger partial charge in [-0.15, -0.1) is 11.6 Å². The monoisotopic (exact) mass is 223 g/mol. The maximum absolute atomic E-state index is 11.3. The molecule has 0 atom stereocenters. The Balaban J connectivity index is 4.08. The van der Waals surface area contributed by atoms with Gasteiger partial charge in [-0.2, -0.15) is 0 Å². The third-order valence-corrected chi connectivity index (χ3v) is 2.49. The van der Waals surface area contributed by atoms with Gasteiger partial charge in [-0.05, 0) is 12.8 Å². The van der Waals surface area contributed by atoms with Crippen molar-refractivity contribution in [2.75, 3.05) is 19.1 Å². The second kappa shape index (κ2) is 7.04. The molecule has 0 fully saturated rings. The molecule has 0 aliphatic rings. The van der Waals surface area contributed by atoms with Crippen LogP contribution in [-0.2, 0) is 4.79 Å². The summed E-state index contributed by atoms with van der Waals surface area (Å²) < 4.78 is 0. The van der Waals surface area contributed by atoms with Crippen LogP contribution in [0.4, 0.5) is 0 Å². The van der Waals surface area contributed by atoms with Crippen molar-refractivity contribution in [2.45, 2.75) is 31.7 Å². The minimum Gasteiger partial charge on any atom is -0.394 e. The maximum Gasteiger partial charge on any atom is 0.220 e. The van der Waals surface area contributed by atoms with Crippen molar-refractivity contribution in [3.05, 3.63) is 0 Å². The first-order chi connectivity index (χ1) is 6.64. The van der Waals surface area contributed by atoms with Crippen LogP contribution in [-0.4, -0.2) is 40.8 Å². The van der Waals surface area contributed by atoms with Crippen molar-refractivity contribution < 1.29 is 15.0 Å². The largest absolute Gasteiger partial charge is 0.394 e. The Kier molecular flexibility index (Phi) is 6.87. The molecule has 14 heavy (non-hydrogen) atoms. The zero-order valence-electron chi connectivity index (χ0n) is 8.42. The molecule has 3 N–H and O–H groups in total. The molecular weight excluding hydrogens is 206 g/mol. The molecule has 0 aliphatic heterocycles. The quantitative estimate of drug-likeness (QED) is 0.542. The standard InChI is InChI=1S/C9H18ClNO3/c1-2-9(6-12,7-13)11-8(14)4-3-5-10/h12-13H,2-7H2,1H3,(H,11,14). The number of hydrogen-bond donors (Lipinski definition) is 3. The van der Waals surface area contributed by atoms with E-state index in [1.807, 2.05) is 0 Å². The predicted octanol–water partition coefficient (Wildman–Crippen LogP) is 0.255. The molecular formula is C9H18ClNO3. The molecule has 0 bridgehead atoms. The SMILES string of the molecule is CCC(CO)(CO)NC(=O)CCCCl. The summed E-state index contributed by atoms with van der Waals surface area (Å²) in [7, 11) is 0. The van der Waals surface area contributed by atoms with Crippen LogP contribution < -0.4 is 5.32 Å². The van der Waals surface area contributed by atoms with E-state index in [2.05, 4.69) is 5.32 Å². The first kappa shape index (κ1) is 13.7. The van der Waals surface area contributed by atoms with Crippen molar-refractivity contribution in [2.24, 2.45) is 0 Å². The number of aliphatic hydroxyl groups is 2. The third-order valence-electron chi connectivity index (χ3n) is 2.22. The van der Waals surface area contributed by atoms with Gasteiger partial charge in [0.25, 0.3) is 0 Å². The highest BCUT2D eigenvalue weighted by Gasteiger charge is 2.27. The van der Waals surface area contributed by atoms with E-state index >= 15 is 0 Å². The smallest absolute Gasteiger partial charge is 0.220 e. The molecule has 4 nitrogen and oxygen atoms in total. The van der Waals surface area contributed by atoms with Crippen molar-refractivity contribution in [3.63, 3.8) is 0 Å². The van der Waals surface area contributed by atoms with Crippen LogP contribution in [0.3, 0.4) is 0 Å². The van der Waals surface area contributed by atoms with Crippen molar-refractivity contribution >= 4 is 17.5 Å². The summed E-state index contributed by atoms with van der Waals surface area (Å²) in [4.78, 5) is 11.3. The lowest BCUT2D eigenvalue weighted by Gasteiger charge is -2.29. The van der Waals surface area contributed by atoms with E-state index in [1.54, 1.807) is 6.92 Å². The molecule has 0 unspecified atom stereocenters. The fourth-order valence-electron chi connectivity index (χ4n) is 1.03. The highest BCUT2D eigenvalue weighted by molar-refractivity contribution is 6.17. The van der Waals surface area contributed by atoms with Gasteiger partial charge in [0.05, 0.1) is 18.8 Å². The lowest BCUT2D eigenvalue weighted by Crippen LogP contribution is -2.53. The second-order valence-electron chi connectivity index (χ2n) is 3.29. The molecule has 0 spiro atoms. The van der Waals surface area contributed by atoms with Crippen LogP contribution in [0.5, 0.6) is 0 Å². The van der Waals surface area contributed by atoms with Crippen LogP contribution in [0.25, 0.3) is 0 Å². The maximum atomic E-state index is 11.3. The first-order valence-corrected chi connectivity index (χ1v) is 5.26. The summed E-state index contributed by atoms with van der Waals surface area (Å²) in [5, 5.41) is 20.7. The number of nitrogens with one attached hydrogen (secondary N) is 1. The van der Waals surface area contributed by atoms with Crippen LogP contribution in [0.2, 0.25) is 0 Å². The van der Waals surface area contributed by atoms with Gasteiger partial charge < -0.3 is 15.5 Å². The van der Waals surface area contributed by atoms with Gasteiger partial charge in [-0.3, -0.25) is 4.79 Å². The highest BCUT2D eigenvalue weighted by atomic mass is 35.5. The van der Waals surface area contributed by atoms with E-state index in [9.17, 15) is 4.79 Å². The summed E-state index contributed by atoms with van der Waals surface area (Å²) >= 11 is 5.44. The number of halogens is 1. The molecule has 0 saturated carbocycles. The van der Waals surface area contributed by atoms with E-state index in [0.29, 0.717) is 25.1 Å². The normalized spacial score (nSPS) is 11.4. The summed E-state index contributed by atoms with van der Waals surface area (Å²) in [6.45, 7) is 1.29. The number of alkyl halides is 1. The Morgan fingerprint density at radius 3 is 2.36 bits per heavy atom. The summed E-state index contributed by atoms with van der Waals surface area (Å²) in [5.41, 5.74) is -0.886. The van der Waals surface area contributed by atoms with Crippen LogP contribution in [0.15, 0.2) is 0 Å². The van der Waals surface area contributed by atoms with Crippen LogP contribution in [0, 0.1) is 0 Å². The average molecular weight is 224 g/mol. The van der Waals surface area contributed by atoms with E-state index < -0.39 is 5.54 Å². The summed E-state index contributed by atoms with van der Waals surface area (Å²) in [5.74, 6) is 0.251. The van der Waals surface area contributed by atoms with Crippen molar-refractivity contribution in [1.82, 2.24) is 5.32 Å². The van der Waals surface area contributed by atoms with Gasteiger partial charge in [0.2, 0.25) is 5.91 Å². The number of aliphatic hydroxyl groups excluding tert-OH is 2. The minimum absolute atomic E-state index is 0.185. The minimum atomic E-state index is -0.886. The molecule has 0 radical (unpaired) electrons. The van der Waals surface area contributed by atoms with Gasteiger partial charge in [0, 0.05) is 12.3 Å². The zero-order valence-corrected chi connectivity index (χ0v) is 9.18. The van der Waals surface area contributed by atoms with E-state index in [1.165, 1.54) is 0 Å². The zero-order chi connectivity index (χ0) is 11.0. The van der Waals surface area contributed by atoms with Gasteiger partial charge in [-0.1, -0.05) is 6.92 Å². The molecule has 0 saturated heterocycles. The van der Waals surface area contributed by atoms with Crippen LogP contribution in [0.1, 0.15) is 26.2 Å². The summed E-state index contributed by atoms with van der Waals surface area (Å²) in [6, 6.07) is 0. The molecule has 5 heteroatoms. The molecule has 1 amide bonds. The van der Waals surface area contributed by atoms with E-state index in [0.717, 1.165) is 0 Å². The Hall–Kier alpha value is -0.320. The van der Waals surface area contributed by atoms with Crippen molar-refractivity contribution in [1.29, 1.82) is 0 Å². The van der Waals surface area contributed by atoms with Crippen molar-refractivity contribution in [3.8, 4) is 0 Å². The fourth-order valence-corrected chi connectivity index (χ4v) is 1.16. The van der Waals surface area contributed by atoms with E-state index in [4.69, 9.17) is 21.8 Å². The number of rotatable bonds is 7. The van der Waals surface area contributed by atoms with Gasteiger partial charge in [0.1, 0.15) is 0 Å². The molecule has 0 aromatic heterocycles. The van der Waals surface area contributed by atoms with Gasteiger partial charge >= 0.3 is 0 Å². The molecule has 0 aliphatic carbocycles. The van der Waals surface area contributed by atoms with Crippen LogP contribution >= 0.6 is 11.6 Å². The predicted molar refractivity (Wildman–Crippen MR) is 55.3 cm³/mol. The summed E-state index contributed by atoms with van der Waals surface area (Å²) in [6.07, 6.45) is 1.42. The topological polar surface area (TPSA) is 69.6 Å². The highest BCUT2D eigenvalue weighted by Crippen LogP contribution is 2.08. The molecule has 0 rings (SSSR count). The Morgan fingerprint density at radius 2 is 2.00 bits per heavy atom. The number of hydrogen-bond acceptors (Lipinski definition) is 3. The van der Waals surface area contributed by atoms with Gasteiger partial charge in [0.15, 0.2) is 0 Å². The number of carbonyl (C=O) groups excluding carboxylic acids is 1. The van der Waals surface area contributed by atoms with Gasteiger partial charge in [-0.25, -0.2) is 0 Å². The average Bonchev–Trinajstić information content (AvgIpc) is 2.23. The molecule has 84 valence electrons. The Labute approximate surface area is 89.3 Å². The second-order valence-corrected chi connectivity index (χ2v) is 3.67. The molecule has 0 heterocycles. The first-order valence-electron chi connectivity index (χ1n) is 4.73. The molecule has 0 aromatic rings. The number of amides is 1. The lowest BCUT2D eigenvalue weighted by atomic mass is 9.98. The number of carbonyl (C=O) groups is 1. The Morgan fingerprint density at radius 1 is 1.43 bits per heavy atom.